The number of nitrogens with one attached hydrogen (secondary N) is 1. The Morgan fingerprint density at radius 1 is 1.67 bits per heavy atom. The zero-order valence-corrected chi connectivity index (χ0v) is 12.9. The fourth-order valence-corrected chi connectivity index (χ4v) is 3.64. The number of anilines is 1. The smallest absolute Gasteiger partial charge is 0.283 e. The van der Waals surface area contributed by atoms with Gasteiger partial charge in [0, 0.05) is 18.3 Å². The summed E-state index contributed by atoms with van der Waals surface area (Å²) < 4.78 is 2.09. The Morgan fingerprint density at radius 3 is 3.17 bits per heavy atom. The number of halogens is 1. The average molecular weight is 332 g/mol. The molecule has 1 aromatic rings. The summed E-state index contributed by atoms with van der Waals surface area (Å²) in [5.41, 5.74) is 0.751. The third kappa shape index (κ3) is 3.29. The number of hydrogen-bond donors (Lipinski definition) is 1. The molecule has 4 nitrogen and oxygen atoms in total. The van der Waals surface area contributed by atoms with Crippen LogP contribution in [-0.4, -0.2) is 27.3 Å². The van der Waals surface area contributed by atoms with E-state index in [1.165, 1.54) is 23.3 Å². The number of thioether (sulfide) groups is 1. The number of hydrogen-bond acceptors (Lipinski definition) is 4. The highest BCUT2D eigenvalue weighted by Crippen LogP contribution is 2.27. The molecule has 1 aliphatic heterocycles. The lowest BCUT2D eigenvalue weighted by molar-refractivity contribution is 0.566. The van der Waals surface area contributed by atoms with Gasteiger partial charge in [-0.1, -0.05) is 6.92 Å². The summed E-state index contributed by atoms with van der Waals surface area (Å²) in [7, 11) is 0. The fourth-order valence-electron chi connectivity index (χ4n) is 1.99. The topological polar surface area (TPSA) is 46.9 Å². The molecule has 1 aliphatic rings. The van der Waals surface area contributed by atoms with Crippen LogP contribution in [0.2, 0.25) is 0 Å². The van der Waals surface area contributed by atoms with Crippen molar-refractivity contribution in [3.05, 3.63) is 21.0 Å². The van der Waals surface area contributed by atoms with Crippen molar-refractivity contribution >= 4 is 33.4 Å². The van der Waals surface area contributed by atoms with E-state index in [0.717, 1.165) is 18.7 Å². The predicted molar refractivity (Wildman–Crippen MR) is 80.5 cm³/mol. The van der Waals surface area contributed by atoms with Crippen molar-refractivity contribution in [2.75, 3.05) is 17.6 Å². The van der Waals surface area contributed by atoms with Gasteiger partial charge in [0.25, 0.3) is 5.56 Å². The van der Waals surface area contributed by atoms with Crippen LogP contribution in [0.25, 0.3) is 0 Å². The molecule has 1 unspecified atom stereocenters. The van der Waals surface area contributed by atoms with Gasteiger partial charge in [0.15, 0.2) is 0 Å². The van der Waals surface area contributed by atoms with Gasteiger partial charge in [0.2, 0.25) is 0 Å². The molecule has 1 fully saturated rings. The summed E-state index contributed by atoms with van der Waals surface area (Å²) in [6, 6.07) is 0. The Labute approximate surface area is 120 Å². The van der Waals surface area contributed by atoms with Crippen molar-refractivity contribution in [3.8, 4) is 0 Å². The molecule has 0 aromatic carbocycles. The predicted octanol–water partition coefficient (Wildman–Crippen LogP) is 2.72. The molecule has 0 spiro atoms. The molecular weight excluding hydrogens is 314 g/mol. The standard InChI is InChI=1S/C12H18BrN3OS/c1-2-5-16-12(17)11(13)10(8-15-16)14-7-9-4-3-6-18-9/h8-9,14H,2-7H2,1H3. The van der Waals surface area contributed by atoms with Crippen molar-refractivity contribution in [1.29, 1.82) is 0 Å². The third-order valence-electron chi connectivity index (χ3n) is 2.96. The largest absolute Gasteiger partial charge is 0.382 e. The van der Waals surface area contributed by atoms with Crippen LogP contribution in [0.15, 0.2) is 15.5 Å². The van der Waals surface area contributed by atoms with Gasteiger partial charge in [-0.15, -0.1) is 0 Å². The van der Waals surface area contributed by atoms with Crippen molar-refractivity contribution in [2.24, 2.45) is 0 Å². The lowest BCUT2D eigenvalue weighted by Crippen LogP contribution is -2.25. The summed E-state index contributed by atoms with van der Waals surface area (Å²) in [6.45, 7) is 3.60. The first-order chi connectivity index (χ1) is 8.72. The first kappa shape index (κ1) is 13.9. The fraction of sp³-hybridized carbons (Fsp3) is 0.667. The zero-order valence-electron chi connectivity index (χ0n) is 10.5. The van der Waals surface area contributed by atoms with Crippen LogP contribution in [0.3, 0.4) is 0 Å². The van der Waals surface area contributed by atoms with Crippen LogP contribution < -0.4 is 10.9 Å². The normalized spacial score (nSPS) is 19.1. The second kappa shape index (κ2) is 6.61. The summed E-state index contributed by atoms with van der Waals surface area (Å²) in [6.07, 6.45) is 5.20. The minimum atomic E-state index is -0.0547. The second-order valence-electron chi connectivity index (χ2n) is 4.42. The number of nitrogens with zero attached hydrogens (tertiary/aromatic N) is 2. The van der Waals surface area contributed by atoms with E-state index in [1.807, 2.05) is 18.7 Å². The van der Waals surface area contributed by atoms with Crippen LogP contribution in [-0.2, 0) is 6.54 Å². The highest BCUT2D eigenvalue weighted by molar-refractivity contribution is 9.10. The van der Waals surface area contributed by atoms with Crippen LogP contribution in [0.1, 0.15) is 26.2 Å². The van der Waals surface area contributed by atoms with E-state index in [9.17, 15) is 4.79 Å². The van der Waals surface area contributed by atoms with E-state index in [1.54, 1.807) is 6.20 Å². The highest BCUT2D eigenvalue weighted by atomic mass is 79.9. The minimum absolute atomic E-state index is 0.0547. The Hall–Kier alpha value is -0.490. The molecule has 0 aliphatic carbocycles. The Kier molecular flexibility index (Phi) is 5.12. The van der Waals surface area contributed by atoms with E-state index in [4.69, 9.17) is 0 Å². The monoisotopic (exact) mass is 331 g/mol. The van der Waals surface area contributed by atoms with Crippen molar-refractivity contribution in [1.82, 2.24) is 9.78 Å². The van der Waals surface area contributed by atoms with Crippen LogP contribution in [0, 0.1) is 0 Å². The third-order valence-corrected chi connectivity index (χ3v) is 5.13. The molecule has 1 saturated heterocycles. The van der Waals surface area contributed by atoms with E-state index in [0.29, 0.717) is 16.3 Å². The van der Waals surface area contributed by atoms with Gasteiger partial charge in [-0.2, -0.15) is 16.9 Å². The van der Waals surface area contributed by atoms with Gasteiger partial charge < -0.3 is 5.32 Å². The van der Waals surface area contributed by atoms with E-state index in [-0.39, 0.29) is 5.56 Å². The maximum atomic E-state index is 12.0. The molecule has 1 N–H and O–H groups in total. The quantitative estimate of drug-likeness (QED) is 0.901. The molecule has 100 valence electrons. The lowest BCUT2D eigenvalue weighted by Gasteiger charge is -2.13. The Balaban J connectivity index is 2.04. The molecule has 1 aromatic heterocycles. The first-order valence-electron chi connectivity index (χ1n) is 6.33. The zero-order chi connectivity index (χ0) is 13.0. The van der Waals surface area contributed by atoms with Crippen LogP contribution in [0.4, 0.5) is 5.69 Å². The number of aromatic nitrogens is 2. The second-order valence-corrected chi connectivity index (χ2v) is 6.62. The lowest BCUT2D eigenvalue weighted by atomic mass is 10.2. The van der Waals surface area contributed by atoms with Crippen molar-refractivity contribution in [2.45, 2.75) is 38.0 Å². The van der Waals surface area contributed by atoms with Gasteiger partial charge in [0.05, 0.1) is 11.9 Å². The maximum Gasteiger partial charge on any atom is 0.283 e. The van der Waals surface area contributed by atoms with Gasteiger partial charge in [-0.25, -0.2) is 4.68 Å². The first-order valence-corrected chi connectivity index (χ1v) is 8.17. The minimum Gasteiger partial charge on any atom is -0.382 e. The molecule has 0 saturated carbocycles. The Bertz CT molecular complexity index is 457. The maximum absolute atomic E-state index is 12.0. The molecule has 2 rings (SSSR count). The molecule has 0 amide bonds. The van der Waals surface area contributed by atoms with Crippen LogP contribution in [0.5, 0.6) is 0 Å². The van der Waals surface area contributed by atoms with E-state index in [2.05, 4.69) is 26.3 Å². The van der Waals surface area contributed by atoms with E-state index < -0.39 is 0 Å². The summed E-state index contributed by atoms with van der Waals surface area (Å²) in [4.78, 5) is 12.0. The average Bonchev–Trinajstić information content (AvgIpc) is 2.87. The van der Waals surface area contributed by atoms with Gasteiger partial charge in [-0.05, 0) is 40.9 Å². The molecule has 0 radical (unpaired) electrons. The molecule has 1 atom stereocenters. The molecule has 0 bridgehead atoms. The number of rotatable bonds is 5. The highest BCUT2D eigenvalue weighted by Gasteiger charge is 2.16. The van der Waals surface area contributed by atoms with Crippen LogP contribution >= 0.6 is 27.7 Å². The molecular formula is C12H18BrN3OS. The molecule has 18 heavy (non-hydrogen) atoms. The van der Waals surface area contributed by atoms with Gasteiger partial charge >= 0.3 is 0 Å². The Morgan fingerprint density at radius 2 is 2.50 bits per heavy atom. The van der Waals surface area contributed by atoms with Crippen molar-refractivity contribution in [3.63, 3.8) is 0 Å². The summed E-state index contributed by atoms with van der Waals surface area (Å²) >= 11 is 5.37. The number of aryl methyl sites for hydroxylation is 1. The molecule has 6 heteroatoms. The summed E-state index contributed by atoms with van der Waals surface area (Å²) in [5.74, 6) is 1.25. The van der Waals surface area contributed by atoms with Gasteiger partial charge in [0.1, 0.15) is 4.47 Å². The van der Waals surface area contributed by atoms with E-state index >= 15 is 0 Å². The summed E-state index contributed by atoms with van der Waals surface area (Å²) in [5, 5.41) is 8.16. The van der Waals surface area contributed by atoms with Gasteiger partial charge in [-0.3, -0.25) is 4.79 Å². The van der Waals surface area contributed by atoms with Crippen molar-refractivity contribution < 1.29 is 0 Å². The molecule has 2 heterocycles. The SMILES string of the molecule is CCCn1ncc(NCC2CCCS2)c(Br)c1=O.